The van der Waals surface area contributed by atoms with Crippen molar-refractivity contribution < 1.29 is 8.42 Å². The SMILES string of the molecule is CC(N)Cc1cc(Cl)ccc1N1CCS(=O)(=O)CC1. The number of nitrogens with two attached hydrogens (primary N) is 1. The lowest BCUT2D eigenvalue weighted by Crippen LogP contribution is -2.40. The number of hydrogen-bond acceptors (Lipinski definition) is 4. The first-order valence-electron chi connectivity index (χ1n) is 6.37. The molecule has 4 nitrogen and oxygen atoms in total. The summed E-state index contributed by atoms with van der Waals surface area (Å²) in [4.78, 5) is 2.11. The molecule has 0 aromatic heterocycles. The van der Waals surface area contributed by atoms with E-state index in [1.54, 1.807) is 0 Å². The van der Waals surface area contributed by atoms with Crippen LogP contribution < -0.4 is 10.6 Å². The summed E-state index contributed by atoms with van der Waals surface area (Å²) in [6.45, 7) is 3.02. The van der Waals surface area contributed by atoms with E-state index in [0.29, 0.717) is 18.1 Å². The van der Waals surface area contributed by atoms with E-state index in [1.165, 1.54) is 0 Å². The molecule has 1 atom stereocenters. The molecule has 2 N–H and O–H groups in total. The molecule has 1 saturated heterocycles. The van der Waals surface area contributed by atoms with Crippen LogP contribution in [0.3, 0.4) is 0 Å². The molecule has 1 fully saturated rings. The number of rotatable bonds is 3. The van der Waals surface area contributed by atoms with Crippen molar-refractivity contribution in [2.24, 2.45) is 5.73 Å². The smallest absolute Gasteiger partial charge is 0.153 e. The molecule has 1 aliphatic rings. The lowest BCUT2D eigenvalue weighted by molar-refractivity contribution is 0.586. The molecule has 1 aromatic rings. The van der Waals surface area contributed by atoms with Gasteiger partial charge in [0.15, 0.2) is 9.84 Å². The van der Waals surface area contributed by atoms with Crippen molar-refractivity contribution in [2.75, 3.05) is 29.5 Å². The van der Waals surface area contributed by atoms with Gasteiger partial charge < -0.3 is 10.6 Å². The Hall–Kier alpha value is -0.780. The molecule has 106 valence electrons. The van der Waals surface area contributed by atoms with Crippen LogP contribution in [0.15, 0.2) is 18.2 Å². The molecule has 1 heterocycles. The Kier molecular flexibility index (Phi) is 4.38. The minimum atomic E-state index is -2.86. The average Bonchev–Trinajstić information content (AvgIpc) is 2.29. The zero-order valence-electron chi connectivity index (χ0n) is 11.0. The number of sulfone groups is 1. The van der Waals surface area contributed by atoms with Gasteiger partial charge in [0.2, 0.25) is 0 Å². The molecule has 1 aliphatic heterocycles. The molecule has 0 amide bonds. The first kappa shape index (κ1) is 14.6. The fourth-order valence-corrected chi connectivity index (χ4v) is 3.72. The number of halogens is 1. The Morgan fingerprint density at radius 1 is 1.37 bits per heavy atom. The average molecular weight is 303 g/mol. The predicted molar refractivity (Wildman–Crippen MR) is 79.7 cm³/mol. The van der Waals surface area contributed by atoms with E-state index in [-0.39, 0.29) is 17.5 Å². The maximum absolute atomic E-state index is 11.5. The first-order valence-corrected chi connectivity index (χ1v) is 8.57. The summed E-state index contributed by atoms with van der Waals surface area (Å²) in [5.41, 5.74) is 8.00. The van der Waals surface area contributed by atoms with Crippen molar-refractivity contribution in [3.63, 3.8) is 0 Å². The van der Waals surface area contributed by atoms with Crippen LogP contribution in [-0.2, 0) is 16.3 Å². The molecule has 0 spiro atoms. The van der Waals surface area contributed by atoms with E-state index in [4.69, 9.17) is 17.3 Å². The summed E-state index contributed by atoms with van der Waals surface area (Å²) < 4.78 is 23.0. The summed E-state index contributed by atoms with van der Waals surface area (Å²) in [6.07, 6.45) is 0.735. The van der Waals surface area contributed by atoms with E-state index in [1.807, 2.05) is 25.1 Å². The minimum Gasteiger partial charge on any atom is -0.369 e. The lowest BCUT2D eigenvalue weighted by atomic mass is 10.0. The summed E-state index contributed by atoms with van der Waals surface area (Å²) in [5, 5.41) is 0.684. The second-order valence-electron chi connectivity index (χ2n) is 5.09. The fourth-order valence-electron chi connectivity index (χ4n) is 2.33. The molecule has 2 rings (SSSR count). The molecule has 0 saturated carbocycles. The van der Waals surface area contributed by atoms with Crippen LogP contribution in [0, 0.1) is 0 Å². The van der Waals surface area contributed by atoms with E-state index in [9.17, 15) is 8.42 Å². The predicted octanol–water partition coefficient (Wildman–Crippen LogP) is 1.46. The number of hydrogen-bond donors (Lipinski definition) is 1. The third-order valence-corrected chi connectivity index (χ3v) is 5.11. The molecule has 0 aliphatic carbocycles. The normalized spacial score (nSPS) is 20.3. The molecular weight excluding hydrogens is 284 g/mol. The third-order valence-electron chi connectivity index (χ3n) is 3.27. The van der Waals surface area contributed by atoms with Crippen molar-refractivity contribution in [3.05, 3.63) is 28.8 Å². The highest BCUT2D eigenvalue weighted by Crippen LogP contribution is 2.26. The van der Waals surface area contributed by atoms with Crippen molar-refractivity contribution in [3.8, 4) is 0 Å². The molecule has 1 aromatic carbocycles. The highest BCUT2D eigenvalue weighted by molar-refractivity contribution is 7.91. The van der Waals surface area contributed by atoms with Gasteiger partial charge >= 0.3 is 0 Å². The van der Waals surface area contributed by atoms with Gasteiger partial charge in [-0.2, -0.15) is 0 Å². The van der Waals surface area contributed by atoms with Crippen LogP contribution in [0.25, 0.3) is 0 Å². The molecule has 0 radical (unpaired) electrons. The summed E-state index contributed by atoms with van der Waals surface area (Å²) in [7, 11) is -2.86. The summed E-state index contributed by atoms with van der Waals surface area (Å²) in [6, 6.07) is 5.76. The zero-order valence-corrected chi connectivity index (χ0v) is 12.5. The lowest BCUT2D eigenvalue weighted by Gasteiger charge is -2.31. The van der Waals surface area contributed by atoms with Crippen molar-refractivity contribution in [1.82, 2.24) is 0 Å². The van der Waals surface area contributed by atoms with E-state index >= 15 is 0 Å². The third kappa shape index (κ3) is 3.84. The highest BCUT2D eigenvalue weighted by Gasteiger charge is 2.23. The molecule has 6 heteroatoms. The quantitative estimate of drug-likeness (QED) is 0.918. The Labute approximate surface area is 119 Å². The zero-order chi connectivity index (χ0) is 14.0. The van der Waals surface area contributed by atoms with Gasteiger partial charge in [0.25, 0.3) is 0 Å². The summed E-state index contributed by atoms with van der Waals surface area (Å²) in [5.74, 6) is 0.431. The van der Waals surface area contributed by atoms with Crippen LogP contribution in [0.5, 0.6) is 0 Å². The second-order valence-corrected chi connectivity index (χ2v) is 7.83. The van der Waals surface area contributed by atoms with Gasteiger partial charge in [-0.15, -0.1) is 0 Å². The van der Waals surface area contributed by atoms with Crippen LogP contribution in [0.2, 0.25) is 5.02 Å². The maximum atomic E-state index is 11.5. The molecule has 1 unspecified atom stereocenters. The fraction of sp³-hybridized carbons (Fsp3) is 0.538. The highest BCUT2D eigenvalue weighted by atomic mass is 35.5. The van der Waals surface area contributed by atoms with Crippen LogP contribution in [0.4, 0.5) is 5.69 Å². The maximum Gasteiger partial charge on any atom is 0.153 e. The Morgan fingerprint density at radius 2 is 2.00 bits per heavy atom. The van der Waals surface area contributed by atoms with Crippen molar-refractivity contribution in [2.45, 2.75) is 19.4 Å². The Bertz CT molecular complexity index is 544. The van der Waals surface area contributed by atoms with Gasteiger partial charge in [-0.05, 0) is 37.1 Å². The Balaban J connectivity index is 2.24. The topological polar surface area (TPSA) is 63.4 Å². The van der Waals surface area contributed by atoms with E-state index in [0.717, 1.165) is 17.7 Å². The Morgan fingerprint density at radius 3 is 2.58 bits per heavy atom. The second kappa shape index (κ2) is 5.69. The van der Waals surface area contributed by atoms with Crippen molar-refractivity contribution in [1.29, 1.82) is 0 Å². The standard InChI is InChI=1S/C13H19ClN2O2S/c1-10(15)8-11-9-12(14)2-3-13(11)16-4-6-19(17,18)7-5-16/h2-3,9-10H,4-8,15H2,1H3. The van der Waals surface area contributed by atoms with Gasteiger partial charge in [-0.1, -0.05) is 11.6 Å². The van der Waals surface area contributed by atoms with Gasteiger partial charge in [-0.25, -0.2) is 8.42 Å². The monoisotopic (exact) mass is 302 g/mol. The molecule has 19 heavy (non-hydrogen) atoms. The number of nitrogens with zero attached hydrogens (tertiary/aromatic N) is 1. The molecular formula is C13H19ClN2O2S. The van der Waals surface area contributed by atoms with Crippen LogP contribution in [-0.4, -0.2) is 39.1 Å². The molecule has 0 bridgehead atoms. The van der Waals surface area contributed by atoms with E-state index < -0.39 is 9.84 Å². The van der Waals surface area contributed by atoms with Crippen LogP contribution in [0.1, 0.15) is 12.5 Å². The first-order chi connectivity index (χ1) is 8.87. The van der Waals surface area contributed by atoms with Gasteiger partial charge in [0.05, 0.1) is 11.5 Å². The van der Waals surface area contributed by atoms with Gasteiger partial charge in [-0.3, -0.25) is 0 Å². The van der Waals surface area contributed by atoms with Crippen molar-refractivity contribution >= 4 is 27.1 Å². The minimum absolute atomic E-state index is 0.0470. The largest absolute Gasteiger partial charge is 0.369 e. The van der Waals surface area contributed by atoms with Gasteiger partial charge in [0.1, 0.15) is 0 Å². The number of benzene rings is 1. The van der Waals surface area contributed by atoms with E-state index in [2.05, 4.69) is 4.90 Å². The van der Waals surface area contributed by atoms with Gasteiger partial charge in [0, 0.05) is 29.8 Å². The van der Waals surface area contributed by atoms with Crippen LogP contribution >= 0.6 is 11.6 Å². The number of anilines is 1. The summed E-state index contributed by atoms with van der Waals surface area (Å²) >= 11 is 6.03.